The van der Waals surface area contributed by atoms with Crippen LogP contribution >= 0.6 is 0 Å². The Morgan fingerprint density at radius 2 is 2.30 bits per heavy atom. The second kappa shape index (κ2) is 1.84. The molecule has 54 valence electrons. The molecule has 0 bridgehead atoms. The van der Waals surface area contributed by atoms with Crippen LogP contribution < -0.4 is 0 Å². The zero-order chi connectivity index (χ0) is 7.14. The number of hydrogen-bond donors (Lipinski definition) is 0. The molecule has 0 saturated heterocycles. The van der Waals surface area contributed by atoms with Gasteiger partial charge in [0.25, 0.3) is 0 Å². The average molecular weight is 137 g/mol. The van der Waals surface area contributed by atoms with Crippen LogP contribution in [0.4, 0.5) is 0 Å². The van der Waals surface area contributed by atoms with Gasteiger partial charge in [0.1, 0.15) is 0 Å². The number of methoxy groups -OCH3 is 1. The molecular weight excluding hydrogens is 126 g/mol. The summed E-state index contributed by atoms with van der Waals surface area (Å²) in [6, 6.07) is 0.435. The molecule has 0 fully saturated rings. The third kappa shape index (κ3) is 0.564. The Morgan fingerprint density at radius 1 is 1.50 bits per heavy atom. The van der Waals surface area contributed by atoms with Crippen molar-refractivity contribution in [1.29, 1.82) is 0 Å². The number of aliphatic imine (C=N–C) groups is 1. The van der Waals surface area contributed by atoms with Gasteiger partial charge in [0.05, 0.1) is 19.1 Å². The molecular formula is C8H11NO. The van der Waals surface area contributed by atoms with Gasteiger partial charge in [-0.15, -0.1) is 0 Å². The van der Waals surface area contributed by atoms with Gasteiger partial charge in [-0.25, -0.2) is 0 Å². The first-order valence-electron chi connectivity index (χ1n) is 3.63. The zero-order valence-electron chi connectivity index (χ0n) is 6.24. The molecule has 2 heteroatoms. The molecule has 2 rings (SSSR count). The summed E-state index contributed by atoms with van der Waals surface area (Å²) in [5.41, 5.74) is 0. The average Bonchev–Trinajstić information content (AvgIpc) is 2.02. The molecule has 1 unspecified atom stereocenters. The Hall–Kier alpha value is -0.790. The minimum atomic E-state index is 0.435. The van der Waals surface area contributed by atoms with E-state index in [9.17, 15) is 0 Å². The molecule has 0 spiro atoms. The maximum Gasteiger partial charge on any atom is 0.191 e. The number of ether oxygens (including phenoxy) is 1. The van der Waals surface area contributed by atoms with E-state index >= 15 is 0 Å². The van der Waals surface area contributed by atoms with Crippen LogP contribution in [-0.2, 0) is 4.74 Å². The maximum absolute atomic E-state index is 5.11. The van der Waals surface area contributed by atoms with Crippen molar-refractivity contribution < 1.29 is 4.74 Å². The van der Waals surface area contributed by atoms with Crippen molar-refractivity contribution in [2.45, 2.75) is 13.0 Å². The Balaban J connectivity index is 2.22. The Morgan fingerprint density at radius 3 is 2.60 bits per heavy atom. The molecule has 1 aliphatic carbocycles. The summed E-state index contributed by atoms with van der Waals surface area (Å²) >= 11 is 0. The summed E-state index contributed by atoms with van der Waals surface area (Å²) in [5, 5.41) is 0. The topological polar surface area (TPSA) is 21.6 Å². The van der Waals surface area contributed by atoms with E-state index in [2.05, 4.69) is 24.1 Å². The van der Waals surface area contributed by atoms with E-state index in [1.165, 1.54) is 0 Å². The van der Waals surface area contributed by atoms with Gasteiger partial charge in [-0.1, -0.05) is 12.2 Å². The molecule has 0 saturated carbocycles. The minimum absolute atomic E-state index is 0.435. The highest BCUT2D eigenvalue weighted by Gasteiger charge is 2.39. The number of hydrogen-bond acceptors (Lipinski definition) is 2. The highest BCUT2D eigenvalue weighted by Crippen LogP contribution is 2.36. The van der Waals surface area contributed by atoms with Crippen molar-refractivity contribution >= 4 is 5.90 Å². The second-order valence-electron chi connectivity index (χ2n) is 2.90. The van der Waals surface area contributed by atoms with Gasteiger partial charge in [0, 0.05) is 5.92 Å². The van der Waals surface area contributed by atoms with Crippen LogP contribution in [0, 0.1) is 11.8 Å². The van der Waals surface area contributed by atoms with Crippen LogP contribution in [0.2, 0.25) is 0 Å². The standard InChI is InChI=1S/C8H11NO/c1-5-6-3-4-7(6)8(9-5)10-2/h3-7H,1-2H3/t5?,6-,7-/m0/s1. The van der Waals surface area contributed by atoms with Crippen LogP contribution in [0.3, 0.4) is 0 Å². The van der Waals surface area contributed by atoms with Gasteiger partial charge in [0.15, 0.2) is 5.90 Å². The second-order valence-corrected chi connectivity index (χ2v) is 2.90. The highest BCUT2D eigenvalue weighted by atomic mass is 16.5. The molecule has 0 aromatic carbocycles. The summed E-state index contributed by atoms with van der Waals surface area (Å²) in [7, 11) is 1.69. The molecule has 0 N–H and O–H groups in total. The molecule has 2 aliphatic rings. The van der Waals surface area contributed by atoms with Crippen LogP contribution in [0.5, 0.6) is 0 Å². The molecule has 0 amide bonds. The van der Waals surface area contributed by atoms with Crippen molar-refractivity contribution in [2.75, 3.05) is 7.11 Å². The van der Waals surface area contributed by atoms with E-state index in [-0.39, 0.29) is 0 Å². The highest BCUT2D eigenvalue weighted by molar-refractivity contribution is 5.85. The molecule has 0 radical (unpaired) electrons. The van der Waals surface area contributed by atoms with Crippen molar-refractivity contribution in [1.82, 2.24) is 0 Å². The summed E-state index contributed by atoms with van der Waals surface area (Å²) in [6.07, 6.45) is 4.38. The van der Waals surface area contributed by atoms with Crippen LogP contribution in [-0.4, -0.2) is 19.0 Å². The largest absolute Gasteiger partial charge is 0.484 e. The predicted octanol–water partition coefficient (Wildman–Crippen LogP) is 1.24. The van der Waals surface area contributed by atoms with E-state index in [0.717, 1.165) is 5.90 Å². The van der Waals surface area contributed by atoms with Gasteiger partial charge < -0.3 is 4.74 Å². The Kier molecular flexibility index (Phi) is 1.10. The van der Waals surface area contributed by atoms with E-state index in [1.807, 2.05) is 0 Å². The zero-order valence-corrected chi connectivity index (χ0v) is 6.24. The van der Waals surface area contributed by atoms with Gasteiger partial charge in [-0.05, 0) is 6.92 Å². The van der Waals surface area contributed by atoms with Gasteiger partial charge in [-0.2, -0.15) is 0 Å². The van der Waals surface area contributed by atoms with Crippen LogP contribution in [0.1, 0.15) is 6.92 Å². The van der Waals surface area contributed by atoms with E-state index < -0.39 is 0 Å². The lowest BCUT2D eigenvalue weighted by Crippen LogP contribution is -2.25. The lowest BCUT2D eigenvalue weighted by Gasteiger charge is -2.23. The first-order valence-corrected chi connectivity index (χ1v) is 3.63. The fraction of sp³-hybridized carbons (Fsp3) is 0.625. The fourth-order valence-electron chi connectivity index (χ4n) is 1.62. The van der Waals surface area contributed by atoms with Gasteiger partial charge in [0.2, 0.25) is 0 Å². The number of fused-ring (bicyclic) bond motifs is 1. The molecule has 0 aromatic heterocycles. The molecule has 0 aromatic rings. The number of rotatable bonds is 0. The molecule has 10 heavy (non-hydrogen) atoms. The predicted molar refractivity (Wildman–Crippen MR) is 40.0 cm³/mol. The van der Waals surface area contributed by atoms with Crippen molar-refractivity contribution in [3.63, 3.8) is 0 Å². The Labute approximate surface area is 60.6 Å². The summed E-state index contributed by atoms with van der Waals surface area (Å²) in [5.74, 6) is 2.05. The minimum Gasteiger partial charge on any atom is -0.484 e. The monoisotopic (exact) mass is 137 g/mol. The SMILES string of the molecule is COC1=NC(C)[C@@H]2C=C[C@H]12. The van der Waals surface area contributed by atoms with Gasteiger partial charge in [-0.3, -0.25) is 4.99 Å². The fourth-order valence-corrected chi connectivity index (χ4v) is 1.62. The van der Waals surface area contributed by atoms with E-state index in [4.69, 9.17) is 4.74 Å². The Bertz CT molecular complexity index is 207. The molecule has 1 heterocycles. The molecule has 1 aliphatic heterocycles. The third-order valence-electron chi connectivity index (χ3n) is 2.34. The van der Waals surface area contributed by atoms with Gasteiger partial charge >= 0.3 is 0 Å². The van der Waals surface area contributed by atoms with Crippen molar-refractivity contribution in [3.05, 3.63) is 12.2 Å². The first-order chi connectivity index (χ1) is 4.83. The molecule has 3 atom stereocenters. The maximum atomic E-state index is 5.11. The first kappa shape index (κ1) is 5.96. The van der Waals surface area contributed by atoms with E-state index in [1.54, 1.807) is 7.11 Å². The summed E-state index contributed by atoms with van der Waals surface area (Å²) in [4.78, 5) is 4.36. The van der Waals surface area contributed by atoms with Crippen LogP contribution in [0.15, 0.2) is 17.1 Å². The van der Waals surface area contributed by atoms with E-state index in [0.29, 0.717) is 17.9 Å². The summed E-state index contributed by atoms with van der Waals surface area (Å²) < 4.78 is 5.11. The smallest absolute Gasteiger partial charge is 0.191 e. The van der Waals surface area contributed by atoms with Crippen molar-refractivity contribution in [3.8, 4) is 0 Å². The lowest BCUT2D eigenvalue weighted by atomic mass is 9.81. The normalized spacial score (nSPS) is 42.2. The summed E-state index contributed by atoms with van der Waals surface area (Å²) in [6.45, 7) is 2.13. The van der Waals surface area contributed by atoms with Crippen molar-refractivity contribution in [2.24, 2.45) is 16.8 Å². The van der Waals surface area contributed by atoms with Crippen LogP contribution in [0.25, 0.3) is 0 Å². The molecule has 2 nitrogen and oxygen atoms in total. The lowest BCUT2D eigenvalue weighted by molar-refractivity contribution is 0.367. The third-order valence-corrected chi connectivity index (χ3v) is 2.34. The quantitative estimate of drug-likeness (QED) is 0.460. The number of nitrogens with zero attached hydrogens (tertiary/aromatic N) is 1.